The average Bonchev–Trinajstić information content (AvgIpc) is 3.22. The van der Waals surface area contributed by atoms with Crippen LogP contribution in [0.3, 0.4) is 0 Å². The van der Waals surface area contributed by atoms with Gasteiger partial charge in [-0.1, -0.05) is 73.5 Å². The summed E-state index contributed by atoms with van der Waals surface area (Å²) in [5.74, 6) is -0.195. The van der Waals surface area contributed by atoms with Gasteiger partial charge < -0.3 is 15.4 Å². The number of hydrogen-bond donors (Lipinski definition) is 2. The summed E-state index contributed by atoms with van der Waals surface area (Å²) in [6.45, 7) is 2.43. The first kappa shape index (κ1) is 19.9. The molecule has 0 unspecified atom stereocenters. The zero-order valence-electron chi connectivity index (χ0n) is 16.3. The van der Waals surface area contributed by atoms with Gasteiger partial charge in [0.25, 0.3) is 0 Å². The Labute approximate surface area is 166 Å². The van der Waals surface area contributed by atoms with Crippen LogP contribution >= 0.6 is 0 Å². The van der Waals surface area contributed by atoms with Crippen LogP contribution in [0.1, 0.15) is 43.7 Å². The van der Waals surface area contributed by atoms with Crippen LogP contribution in [0.4, 0.5) is 4.79 Å². The summed E-state index contributed by atoms with van der Waals surface area (Å²) in [6.07, 6.45) is 3.88. The Morgan fingerprint density at radius 1 is 1.00 bits per heavy atom. The molecule has 148 valence electrons. The summed E-state index contributed by atoms with van der Waals surface area (Å²) in [6, 6.07) is 19.2. The van der Waals surface area contributed by atoms with Crippen LogP contribution in [0.25, 0.3) is 0 Å². The van der Waals surface area contributed by atoms with Crippen LogP contribution in [0.5, 0.6) is 0 Å². The zero-order chi connectivity index (χ0) is 19.8. The summed E-state index contributed by atoms with van der Waals surface area (Å²) >= 11 is 0. The molecule has 0 spiro atoms. The van der Waals surface area contributed by atoms with Crippen molar-refractivity contribution in [2.45, 2.75) is 50.7 Å². The molecule has 1 saturated carbocycles. The minimum atomic E-state index is -0.655. The number of hydrogen-bond acceptors (Lipinski definition) is 3. The maximum atomic E-state index is 12.5. The molecule has 5 heteroatoms. The van der Waals surface area contributed by atoms with Gasteiger partial charge in [0.05, 0.1) is 0 Å². The standard InChI is InChI=1S/C23H28N2O3/c1-18(25-22(27)28-16-19-10-4-2-5-11-19)21(26)24-17-23(14-8-9-15-23)20-12-6-3-7-13-20/h2-7,10-13,18H,8-9,14-17H2,1H3,(H,24,26)(H,25,27)/t18-/m0/s1. The lowest BCUT2D eigenvalue weighted by Crippen LogP contribution is -2.48. The molecule has 2 aromatic rings. The average molecular weight is 380 g/mol. The highest BCUT2D eigenvalue weighted by Crippen LogP contribution is 2.40. The van der Waals surface area contributed by atoms with Crippen molar-refractivity contribution in [2.24, 2.45) is 0 Å². The first-order valence-corrected chi connectivity index (χ1v) is 9.89. The Balaban J connectivity index is 1.49. The molecule has 1 fully saturated rings. The van der Waals surface area contributed by atoms with Crippen LogP contribution in [-0.4, -0.2) is 24.6 Å². The molecular formula is C23H28N2O3. The number of nitrogens with one attached hydrogen (secondary N) is 2. The van der Waals surface area contributed by atoms with Crippen molar-refractivity contribution >= 4 is 12.0 Å². The van der Waals surface area contributed by atoms with E-state index in [0.717, 1.165) is 18.4 Å². The van der Waals surface area contributed by atoms with E-state index < -0.39 is 12.1 Å². The third-order valence-electron chi connectivity index (χ3n) is 5.49. The molecule has 5 nitrogen and oxygen atoms in total. The lowest BCUT2D eigenvalue weighted by Gasteiger charge is -2.30. The van der Waals surface area contributed by atoms with E-state index in [2.05, 4.69) is 22.8 Å². The van der Waals surface area contributed by atoms with Gasteiger partial charge in [0, 0.05) is 12.0 Å². The van der Waals surface area contributed by atoms with Gasteiger partial charge in [-0.2, -0.15) is 0 Å². The second kappa shape index (κ2) is 9.40. The van der Waals surface area contributed by atoms with Crippen molar-refractivity contribution in [3.8, 4) is 0 Å². The van der Waals surface area contributed by atoms with Gasteiger partial charge in [0.15, 0.2) is 0 Å². The molecule has 1 aliphatic rings. The van der Waals surface area contributed by atoms with E-state index in [-0.39, 0.29) is 17.9 Å². The second-order valence-corrected chi connectivity index (χ2v) is 7.50. The highest BCUT2D eigenvalue weighted by atomic mass is 16.5. The van der Waals surface area contributed by atoms with E-state index in [1.54, 1.807) is 6.92 Å². The molecule has 2 aromatic carbocycles. The van der Waals surface area contributed by atoms with Crippen molar-refractivity contribution in [1.82, 2.24) is 10.6 Å². The van der Waals surface area contributed by atoms with Gasteiger partial charge in [0.1, 0.15) is 12.6 Å². The van der Waals surface area contributed by atoms with Gasteiger partial charge in [0.2, 0.25) is 5.91 Å². The topological polar surface area (TPSA) is 67.4 Å². The fraction of sp³-hybridized carbons (Fsp3) is 0.391. The molecule has 2 amide bonds. The van der Waals surface area contributed by atoms with E-state index in [4.69, 9.17) is 4.74 Å². The maximum absolute atomic E-state index is 12.5. The predicted molar refractivity (Wildman–Crippen MR) is 109 cm³/mol. The molecule has 0 heterocycles. The summed E-state index contributed by atoms with van der Waals surface area (Å²) in [5, 5.41) is 5.64. The summed E-state index contributed by atoms with van der Waals surface area (Å²) in [5.41, 5.74) is 2.17. The van der Waals surface area contributed by atoms with Gasteiger partial charge in [-0.25, -0.2) is 4.79 Å². The number of benzene rings is 2. The Kier molecular flexibility index (Phi) is 6.69. The second-order valence-electron chi connectivity index (χ2n) is 7.50. The van der Waals surface area contributed by atoms with Gasteiger partial charge in [-0.05, 0) is 30.9 Å². The summed E-state index contributed by atoms with van der Waals surface area (Å²) in [7, 11) is 0. The quantitative estimate of drug-likeness (QED) is 0.765. The lowest BCUT2D eigenvalue weighted by molar-refractivity contribution is -0.122. The maximum Gasteiger partial charge on any atom is 0.408 e. The smallest absolute Gasteiger partial charge is 0.408 e. The van der Waals surface area contributed by atoms with E-state index in [9.17, 15) is 9.59 Å². The van der Waals surface area contributed by atoms with Gasteiger partial charge in [-0.3, -0.25) is 4.79 Å². The number of carbonyl (C=O) groups is 2. The molecule has 0 bridgehead atoms. The highest BCUT2D eigenvalue weighted by molar-refractivity contribution is 5.85. The molecule has 1 aliphatic carbocycles. The number of rotatable bonds is 7. The largest absolute Gasteiger partial charge is 0.445 e. The van der Waals surface area contributed by atoms with Crippen LogP contribution in [0, 0.1) is 0 Å². The van der Waals surface area contributed by atoms with Crippen molar-refractivity contribution in [3.05, 3.63) is 71.8 Å². The minimum Gasteiger partial charge on any atom is -0.445 e. The third-order valence-corrected chi connectivity index (χ3v) is 5.49. The van der Waals surface area contributed by atoms with Crippen molar-refractivity contribution in [2.75, 3.05) is 6.54 Å². The van der Waals surface area contributed by atoms with Gasteiger partial charge >= 0.3 is 6.09 Å². The van der Waals surface area contributed by atoms with Crippen molar-refractivity contribution < 1.29 is 14.3 Å². The van der Waals surface area contributed by atoms with Gasteiger partial charge in [-0.15, -0.1) is 0 Å². The SMILES string of the molecule is C[C@H](NC(=O)OCc1ccccc1)C(=O)NCC1(c2ccccc2)CCCC1. The van der Waals surface area contributed by atoms with Crippen LogP contribution in [-0.2, 0) is 21.6 Å². The molecule has 0 aliphatic heterocycles. The van der Waals surface area contributed by atoms with Crippen molar-refractivity contribution in [1.29, 1.82) is 0 Å². The predicted octanol–water partition coefficient (Wildman–Crippen LogP) is 3.93. The molecule has 0 saturated heterocycles. The van der Waals surface area contributed by atoms with E-state index in [0.29, 0.717) is 6.54 Å². The molecule has 2 N–H and O–H groups in total. The van der Waals surface area contributed by atoms with E-state index in [1.165, 1.54) is 18.4 Å². The van der Waals surface area contributed by atoms with Crippen LogP contribution in [0.15, 0.2) is 60.7 Å². The minimum absolute atomic E-state index is 0.00947. The molecular weight excluding hydrogens is 352 g/mol. The molecule has 0 aromatic heterocycles. The fourth-order valence-corrected chi connectivity index (χ4v) is 3.83. The molecule has 1 atom stereocenters. The zero-order valence-corrected chi connectivity index (χ0v) is 16.3. The highest BCUT2D eigenvalue weighted by Gasteiger charge is 2.36. The monoisotopic (exact) mass is 380 g/mol. The lowest BCUT2D eigenvalue weighted by atomic mass is 9.79. The normalized spacial score (nSPS) is 16.2. The fourth-order valence-electron chi connectivity index (χ4n) is 3.83. The van der Waals surface area contributed by atoms with E-state index >= 15 is 0 Å². The van der Waals surface area contributed by atoms with Crippen LogP contribution < -0.4 is 10.6 Å². The Hall–Kier alpha value is -2.82. The molecule has 0 radical (unpaired) electrons. The number of carbonyl (C=O) groups excluding carboxylic acids is 2. The molecule has 28 heavy (non-hydrogen) atoms. The Morgan fingerprint density at radius 2 is 1.61 bits per heavy atom. The van der Waals surface area contributed by atoms with E-state index in [1.807, 2.05) is 48.5 Å². The van der Waals surface area contributed by atoms with Crippen LogP contribution in [0.2, 0.25) is 0 Å². The number of alkyl carbamates (subject to hydrolysis) is 1. The number of amides is 2. The summed E-state index contributed by atoms with van der Waals surface area (Å²) in [4.78, 5) is 24.5. The van der Waals surface area contributed by atoms with Crippen molar-refractivity contribution in [3.63, 3.8) is 0 Å². The third kappa shape index (κ3) is 5.12. The molecule has 3 rings (SSSR count). The summed E-state index contributed by atoms with van der Waals surface area (Å²) < 4.78 is 5.19. The first-order chi connectivity index (χ1) is 13.6. The first-order valence-electron chi connectivity index (χ1n) is 9.89. The Bertz CT molecular complexity index is 771. The number of ether oxygens (including phenoxy) is 1. The Morgan fingerprint density at radius 3 is 2.25 bits per heavy atom.